The second-order valence-electron chi connectivity index (χ2n) is 34.9. The predicted molar refractivity (Wildman–Crippen MR) is 494 cm³/mol. The topological polar surface area (TPSA) is 412 Å². The van der Waals surface area contributed by atoms with Crippen LogP contribution in [0.1, 0.15) is 171 Å². The highest BCUT2D eigenvalue weighted by Crippen LogP contribution is 2.47. The number of amides is 1. The minimum atomic E-state index is -1.91. The smallest absolute Gasteiger partial charge is 0.508 e. The number of aryl methyl sites for hydroxylation is 3. The van der Waals surface area contributed by atoms with Gasteiger partial charge in [0.2, 0.25) is 0 Å². The Bertz CT molecular complexity index is 6880. The van der Waals surface area contributed by atoms with Crippen LogP contribution in [-0.4, -0.2) is 168 Å². The molecule has 7 aliphatic heterocycles. The number of cyclic esters (lactones) is 2. The fourth-order valence-corrected chi connectivity index (χ4v) is 18.9. The van der Waals surface area contributed by atoms with Crippen LogP contribution >= 0.6 is 0 Å². The number of allylic oxidation sites excluding steroid dienone is 1. The number of hydrogen-bond acceptors (Lipinski definition) is 26. The fraction of sp³-hybridized carbons (Fsp3) is 0.327. The Morgan fingerprint density at radius 3 is 1.51 bits per heavy atom. The number of aromatic hydroxyl groups is 4. The molecule has 12 aromatic rings. The largest absolute Gasteiger partial charge is 0.519 e. The number of H-pyrrole nitrogens is 1. The van der Waals surface area contributed by atoms with Crippen molar-refractivity contribution < 1.29 is 78.4 Å². The number of hydrogen-bond donors (Lipinski definition) is 8. The summed E-state index contributed by atoms with van der Waals surface area (Å²) in [5, 5.41) is 87.6. The number of ether oxygens (including phenoxy) is 5. The van der Waals surface area contributed by atoms with Crippen LogP contribution in [0.5, 0.6) is 40.2 Å². The van der Waals surface area contributed by atoms with Crippen molar-refractivity contribution in [3.8, 4) is 85.4 Å². The van der Waals surface area contributed by atoms with Gasteiger partial charge in [0.15, 0.2) is 11.2 Å². The number of aliphatic imine (C=N–C) groups is 1. The molecular weight excluding hydrogens is 1690 g/mol. The highest BCUT2D eigenvalue weighted by atomic mass is 16.7. The van der Waals surface area contributed by atoms with Crippen molar-refractivity contribution in [3.05, 3.63) is 266 Å². The number of esters is 2. The molecule has 0 saturated carbocycles. The van der Waals surface area contributed by atoms with Gasteiger partial charge in [-0.1, -0.05) is 104 Å². The average molecular weight is 1790 g/mol. The van der Waals surface area contributed by atoms with Gasteiger partial charge in [-0.2, -0.15) is 5.10 Å². The molecule has 31 nitrogen and oxygen atoms in total. The Kier molecular flexibility index (Phi) is 24.6. The van der Waals surface area contributed by atoms with Crippen molar-refractivity contribution in [2.45, 2.75) is 157 Å². The van der Waals surface area contributed by atoms with E-state index in [0.717, 1.165) is 128 Å². The van der Waals surface area contributed by atoms with E-state index < -0.39 is 40.3 Å². The van der Waals surface area contributed by atoms with Crippen LogP contribution in [0.4, 0.5) is 15.3 Å². The number of nitro benzene ring substituents is 1. The Labute approximate surface area is 759 Å². The standard InChI is InChI=1S/C48H49N5O8.C29H23N3O9.C24H30N4O2/c1-6-31-33-18-30(12-13-38(33)50-43-35(31)24-53-39(43)20-37-36(45(53)56)25-60-46(57)48(37,59)7-2)61-47(58)52-16-14-51(15-17-52)23-28-8-10-29(11-9-28)42-27(5)22-49-44(42)34-19-32(26(3)4)40(54)21-41(34)55;1-3-18-19-11-17(41-28(35)40-16-7-5-15(6-8-16)32(37)38)9-10-23(19)30-25-20(18)13-31-24(25)12-22-21(26(31)33)14-39-27(34)29(22,36)4-2;1-15(2)19-12-20(22(30)13-21(19)29)24-23(16(3)26-27-24)18-6-4-17(5-7-18)14-28-10-8-25-9-11-28/h8-13,18-21,26,54-55,59H,6-7,14-17,22-25H2,1-5H3;5-12,36H,3-4,13-14H2,1-2H3;4-7,12-13,15,25,29-30H,8-11,14H2,1-3H3,(H,26,27)/t48-;29-;/m00./s1. The molecule has 0 unspecified atom stereocenters. The van der Waals surface area contributed by atoms with E-state index in [2.05, 4.69) is 80.8 Å². The summed E-state index contributed by atoms with van der Waals surface area (Å²) in [6, 6.07) is 42.2. The zero-order valence-corrected chi connectivity index (χ0v) is 74.9. The molecule has 2 fully saturated rings. The first-order chi connectivity index (χ1) is 63.4. The van der Waals surface area contributed by atoms with E-state index in [1.165, 1.54) is 42.0 Å². The lowest BCUT2D eigenvalue weighted by Gasteiger charge is -2.34. The van der Waals surface area contributed by atoms with Crippen molar-refractivity contribution in [1.82, 2.24) is 49.3 Å². The number of pyridine rings is 4. The van der Waals surface area contributed by atoms with Gasteiger partial charge in [0.1, 0.15) is 59.2 Å². The van der Waals surface area contributed by atoms with Gasteiger partial charge in [-0.3, -0.25) is 39.6 Å². The summed E-state index contributed by atoms with van der Waals surface area (Å²) in [5.41, 5.74) is 16.3. The molecule has 8 N–H and O–H groups in total. The van der Waals surface area contributed by atoms with E-state index in [1.807, 2.05) is 72.7 Å². The number of rotatable bonds is 18. The van der Waals surface area contributed by atoms with E-state index in [9.17, 15) is 69.5 Å². The van der Waals surface area contributed by atoms with Crippen LogP contribution < -0.4 is 30.6 Å². The summed E-state index contributed by atoms with van der Waals surface area (Å²) < 4.78 is 30.0. The number of benzene rings is 7. The number of carbonyl (C=O) groups excluding carboxylic acids is 4. The van der Waals surface area contributed by atoms with Crippen LogP contribution in [0.2, 0.25) is 0 Å². The molecule has 5 aromatic heterocycles. The molecule has 680 valence electrons. The van der Waals surface area contributed by atoms with E-state index in [1.54, 1.807) is 64.3 Å². The van der Waals surface area contributed by atoms with Gasteiger partial charge in [-0.25, -0.2) is 29.1 Å². The fourth-order valence-electron chi connectivity index (χ4n) is 18.9. The number of nitrogens with zero attached hydrogens (tertiary/aromatic N) is 10. The first-order valence-corrected chi connectivity index (χ1v) is 44.5. The number of aliphatic hydroxyl groups is 2. The maximum atomic E-state index is 13.7. The Balaban J connectivity index is 0.000000148. The van der Waals surface area contributed by atoms with Gasteiger partial charge >= 0.3 is 24.2 Å². The first kappa shape index (κ1) is 89.7. The van der Waals surface area contributed by atoms with E-state index in [4.69, 9.17) is 38.6 Å². The molecule has 0 spiro atoms. The lowest BCUT2D eigenvalue weighted by Crippen LogP contribution is -2.49. The molecule has 7 aromatic carbocycles. The third kappa shape index (κ3) is 16.7. The Hall–Kier alpha value is -14.2. The van der Waals surface area contributed by atoms with Crippen LogP contribution in [0.15, 0.2) is 166 Å². The van der Waals surface area contributed by atoms with Gasteiger partial charge in [-0.15, -0.1) is 0 Å². The zero-order chi connectivity index (χ0) is 93.2. The second-order valence-corrected chi connectivity index (χ2v) is 34.9. The lowest BCUT2D eigenvalue weighted by atomic mass is 9.86. The number of phenols is 4. The van der Waals surface area contributed by atoms with E-state index in [0.29, 0.717) is 108 Å². The summed E-state index contributed by atoms with van der Waals surface area (Å²) in [4.78, 5) is 109. The van der Waals surface area contributed by atoms with Gasteiger partial charge in [0, 0.05) is 151 Å². The SMILES string of the molecule is CCc1c2c(nc3ccc(OC(=O)N4CCN(Cc5ccc(C6=C(C)CN=C6c6cc(C(C)C)c(O)cc6O)cc5)CC4)cc13)-c1cc3c(c(=O)n1C2)COC(=O)[C@]3(O)CC.CCc1c2c(nc3ccc(OC(=O)Oc4ccc([N+](=O)[O-])cc4)cc13)-c1cc3c(c(=O)n1C2)COC(=O)[C@]3(O)CC.Cc1[nH]nc(-c2cc(C(C)C)c(O)cc2O)c1-c1ccc(CN2CCNCC2)cc1. The lowest BCUT2D eigenvalue weighted by molar-refractivity contribution is -0.384. The average Bonchev–Trinajstić information content (AvgIpc) is 1.52. The van der Waals surface area contributed by atoms with Crippen molar-refractivity contribution in [1.29, 1.82) is 0 Å². The number of aromatic nitrogens is 6. The van der Waals surface area contributed by atoms with Crippen LogP contribution in [0.25, 0.3) is 72.5 Å². The maximum absolute atomic E-state index is 13.7. The predicted octanol–water partition coefficient (Wildman–Crippen LogP) is 14.9. The molecule has 0 bridgehead atoms. The van der Waals surface area contributed by atoms with Gasteiger partial charge in [-0.05, 0) is 174 Å². The molecule has 12 heterocycles. The maximum Gasteiger partial charge on any atom is 0.519 e. The molecule has 0 radical (unpaired) electrons. The summed E-state index contributed by atoms with van der Waals surface area (Å²) in [7, 11) is 0. The van der Waals surface area contributed by atoms with Crippen molar-refractivity contribution in [3.63, 3.8) is 0 Å². The van der Waals surface area contributed by atoms with Crippen molar-refractivity contribution in [2.75, 3.05) is 58.9 Å². The van der Waals surface area contributed by atoms with Crippen molar-refractivity contribution >= 4 is 63.0 Å². The quantitative estimate of drug-likeness (QED) is 0.0171. The number of nitro groups is 1. The summed E-state index contributed by atoms with van der Waals surface area (Å²) in [5.74, 6) is -0.402. The Morgan fingerprint density at radius 1 is 0.545 bits per heavy atom. The van der Waals surface area contributed by atoms with E-state index in [-0.39, 0.29) is 118 Å². The van der Waals surface area contributed by atoms with E-state index >= 15 is 0 Å². The molecule has 19 rings (SSSR count). The number of non-ortho nitro benzene ring substituents is 1. The minimum absolute atomic E-state index is 0.00594. The third-order valence-electron chi connectivity index (χ3n) is 26.2. The first-order valence-electron chi connectivity index (χ1n) is 44.5. The van der Waals surface area contributed by atoms with Gasteiger partial charge < -0.3 is 73.7 Å². The molecule has 1 amide bonds. The molecular formula is C101H102N12O19. The summed E-state index contributed by atoms with van der Waals surface area (Å²) in [6.45, 7) is 28.4. The Morgan fingerprint density at radius 2 is 1.02 bits per heavy atom. The van der Waals surface area contributed by atoms with Crippen LogP contribution in [-0.2, 0) is 82.5 Å². The summed E-state index contributed by atoms with van der Waals surface area (Å²) >= 11 is 0. The molecule has 7 aliphatic rings. The molecule has 132 heavy (non-hydrogen) atoms. The number of nitrogens with one attached hydrogen (secondary N) is 2. The van der Waals surface area contributed by atoms with Crippen LogP contribution in [0, 0.1) is 17.0 Å². The van der Waals surface area contributed by atoms with Gasteiger partial charge in [0.25, 0.3) is 16.8 Å². The number of piperazine rings is 2. The number of carbonyl (C=O) groups is 4. The second kappa shape index (κ2) is 36.2. The van der Waals surface area contributed by atoms with Crippen molar-refractivity contribution in [2.24, 2.45) is 4.99 Å². The third-order valence-corrected chi connectivity index (χ3v) is 26.2. The molecule has 0 aliphatic carbocycles. The normalized spacial score (nSPS) is 17.3. The molecule has 31 heteroatoms. The number of aromatic amines is 1. The monoisotopic (exact) mass is 1790 g/mol. The van der Waals surface area contributed by atoms with Gasteiger partial charge in [0.05, 0.1) is 75.2 Å². The number of fused-ring (bicyclic) bond motifs is 10. The highest BCUT2D eigenvalue weighted by molar-refractivity contribution is 6.34. The summed E-state index contributed by atoms with van der Waals surface area (Å²) in [6.07, 6.45) is -0.0902. The molecule has 2 atom stereocenters. The number of phenolic OH excluding ortho intramolecular Hbond substituents is 4. The van der Waals surface area contributed by atoms with Crippen LogP contribution in [0.3, 0.4) is 0 Å². The zero-order valence-electron chi connectivity index (χ0n) is 74.9. The minimum Gasteiger partial charge on any atom is -0.508 e. The highest BCUT2D eigenvalue weighted by Gasteiger charge is 2.48. The molecule has 2 saturated heterocycles.